The van der Waals surface area contributed by atoms with Gasteiger partial charge in [0, 0.05) is 24.3 Å². The Morgan fingerprint density at radius 3 is 2.61 bits per heavy atom. The number of rotatable bonds is 7. The van der Waals surface area contributed by atoms with E-state index in [-0.39, 0.29) is 17.7 Å². The average Bonchev–Trinajstić information content (AvgIpc) is 3.09. The molecule has 28 heavy (non-hydrogen) atoms. The standard InChI is InChI=1S/C19H26FN3O4S/c1-17(2,3)28(26)22-18(4,7-8-19(12-21)9-10-27-13-19)15-11-14(23(24)25)5-6-16(15)20/h5-6,11,22H,7-10,13H2,1-4H3/t18-,19-,28+/m0/s1. The summed E-state index contributed by atoms with van der Waals surface area (Å²) in [5, 5.41) is 20.8. The van der Waals surface area contributed by atoms with Gasteiger partial charge in [-0.15, -0.1) is 0 Å². The van der Waals surface area contributed by atoms with E-state index in [0.29, 0.717) is 26.1 Å². The summed E-state index contributed by atoms with van der Waals surface area (Å²) in [5.41, 5.74) is -2.04. The first-order valence-corrected chi connectivity index (χ1v) is 10.2. The first kappa shape index (κ1) is 22.4. The van der Waals surface area contributed by atoms with Crippen LogP contribution in [0.1, 0.15) is 52.5 Å². The quantitative estimate of drug-likeness (QED) is 0.544. The van der Waals surface area contributed by atoms with Gasteiger partial charge < -0.3 is 4.74 Å². The van der Waals surface area contributed by atoms with Crippen molar-refractivity contribution in [2.75, 3.05) is 13.2 Å². The lowest BCUT2D eigenvalue weighted by molar-refractivity contribution is -0.385. The maximum absolute atomic E-state index is 14.7. The highest BCUT2D eigenvalue weighted by Gasteiger charge is 2.41. The van der Waals surface area contributed by atoms with Gasteiger partial charge in [0.1, 0.15) is 5.82 Å². The van der Waals surface area contributed by atoms with Crippen LogP contribution in [0, 0.1) is 32.7 Å². The smallest absolute Gasteiger partial charge is 0.269 e. The number of benzene rings is 1. The summed E-state index contributed by atoms with van der Waals surface area (Å²) in [4.78, 5) is 10.6. The summed E-state index contributed by atoms with van der Waals surface area (Å²) in [6, 6.07) is 5.62. The Kier molecular flexibility index (Phi) is 6.58. The summed E-state index contributed by atoms with van der Waals surface area (Å²) in [6.07, 6.45) is 1.22. The Hall–Kier alpha value is -1.89. The summed E-state index contributed by atoms with van der Waals surface area (Å²) >= 11 is 0. The molecule has 1 heterocycles. The van der Waals surface area contributed by atoms with Gasteiger partial charge in [-0.25, -0.2) is 13.3 Å². The van der Waals surface area contributed by atoms with E-state index < -0.39 is 37.4 Å². The number of nitriles is 1. The molecule has 0 radical (unpaired) electrons. The molecule has 0 spiro atoms. The molecule has 154 valence electrons. The van der Waals surface area contributed by atoms with E-state index in [2.05, 4.69) is 10.8 Å². The second kappa shape index (κ2) is 8.23. The van der Waals surface area contributed by atoms with Crippen molar-refractivity contribution >= 4 is 16.7 Å². The second-order valence-electron chi connectivity index (χ2n) is 8.43. The topological polar surface area (TPSA) is 105 Å². The van der Waals surface area contributed by atoms with Gasteiger partial charge in [-0.1, -0.05) is 0 Å². The second-order valence-corrected chi connectivity index (χ2v) is 10.4. The van der Waals surface area contributed by atoms with Crippen molar-refractivity contribution in [1.82, 2.24) is 4.72 Å². The number of nitrogens with zero attached hydrogens (tertiary/aromatic N) is 2. The predicted molar refractivity (Wildman–Crippen MR) is 104 cm³/mol. The largest absolute Gasteiger partial charge is 0.380 e. The molecule has 3 atom stereocenters. The molecular weight excluding hydrogens is 385 g/mol. The van der Waals surface area contributed by atoms with Crippen molar-refractivity contribution in [3.63, 3.8) is 0 Å². The molecular formula is C19H26FN3O4S. The van der Waals surface area contributed by atoms with Crippen LogP contribution < -0.4 is 4.72 Å². The lowest BCUT2D eigenvalue weighted by Gasteiger charge is -2.35. The summed E-state index contributed by atoms with van der Waals surface area (Å²) in [7, 11) is -1.55. The normalized spacial score (nSPS) is 23.0. The van der Waals surface area contributed by atoms with Gasteiger partial charge >= 0.3 is 0 Å². The van der Waals surface area contributed by atoms with Crippen LogP contribution in [0.2, 0.25) is 0 Å². The molecule has 0 saturated carbocycles. The molecule has 9 heteroatoms. The molecule has 0 aromatic heterocycles. The Labute approximate surface area is 167 Å². The zero-order chi connectivity index (χ0) is 21.2. The number of halogens is 1. The molecule has 1 N–H and O–H groups in total. The van der Waals surface area contributed by atoms with E-state index in [9.17, 15) is 24.0 Å². The molecule has 7 nitrogen and oxygen atoms in total. The highest BCUT2D eigenvalue weighted by molar-refractivity contribution is 7.84. The van der Waals surface area contributed by atoms with Crippen LogP contribution in [0.3, 0.4) is 0 Å². The summed E-state index contributed by atoms with van der Waals surface area (Å²) in [5.74, 6) is -0.625. The minimum Gasteiger partial charge on any atom is -0.380 e. The van der Waals surface area contributed by atoms with Crippen molar-refractivity contribution in [2.24, 2.45) is 5.41 Å². The van der Waals surface area contributed by atoms with E-state index in [1.54, 1.807) is 27.7 Å². The van der Waals surface area contributed by atoms with Crippen molar-refractivity contribution in [3.05, 3.63) is 39.7 Å². The number of nitro groups is 1. The van der Waals surface area contributed by atoms with E-state index in [1.807, 2.05) is 0 Å². The third kappa shape index (κ3) is 4.93. The molecule has 0 bridgehead atoms. The molecule has 1 aliphatic heterocycles. The van der Waals surface area contributed by atoms with Crippen LogP contribution in [0.25, 0.3) is 0 Å². The van der Waals surface area contributed by atoms with Crippen LogP contribution in [0.4, 0.5) is 10.1 Å². The fourth-order valence-electron chi connectivity index (χ4n) is 3.09. The van der Waals surface area contributed by atoms with Gasteiger partial charge in [-0.3, -0.25) is 10.1 Å². The molecule has 0 amide bonds. The number of ether oxygens (including phenoxy) is 1. The Morgan fingerprint density at radius 1 is 1.43 bits per heavy atom. The Bertz CT molecular complexity index is 812. The van der Waals surface area contributed by atoms with E-state index in [0.717, 1.165) is 12.1 Å². The van der Waals surface area contributed by atoms with Crippen LogP contribution in [0.15, 0.2) is 18.2 Å². The maximum Gasteiger partial charge on any atom is 0.269 e. The van der Waals surface area contributed by atoms with Crippen molar-refractivity contribution in [1.29, 1.82) is 5.26 Å². The molecule has 1 saturated heterocycles. The van der Waals surface area contributed by atoms with Gasteiger partial charge in [0.15, 0.2) is 0 Å². The molecule has 2 rings (SSSR count). The minimum atomic E-state index is -1.55. The molecule has 1 aromatic carbocycles. The van der Waals surface area contributed by atoms with Crippen LogP contribution in [-0.2, 0) is 21.3 Å². The molecule has 1 aromatic rings. The van der Waals surface area contributed by atoms with Gasteiger partial charge in [0.05, 0.1) is 44.3 Å². The predicted octanol–water partition coefficient (Wildman–Crippen LogP) is 3.71. The number of nitrogens with one attached hydrogen (secondary N) is 1. The lowest BCUT2D eigenvalue weighted by atomic mass is 9.78. The van der Waals surface area contributed by atoms with E-state index in [1.165, 1.54) is 6.07 Å². The zero-order valence-electron chi connectivity index (χ0n) is 16.6. The minimum absolute atomic E-state index is 0.0614. The van der Waals surface area contributed by atoms with Crippen molar-refractivity contribution < 1.29 is 18.3 Å². The van der Waals surface area contributed by atoms with Crippen molar-refractivity contribution in [2.45, 2.75) is 57.2 Å². The summed E-state index contributed by atoms with van der Waals surface area (Å²) in [6.45, 7) is 7.78. The van der Waals surface area contributed by atoms with Crippen LogP contribution in [0.5, 0.6) is 0 Å². The Morgan fingerprint density at radius 2 is 2.11 bits per heavy atom. The first-order valence-electron chi connectivity index (χ1n) is 9.06. The highest BCUT2D eigenvalue weighted by atomic mass is 32.2. The SMILES string of the molecule is CC(C)(C)[S@@](=O)N[C@@](C)(CC[C@@]1(C#N)CCOC1)c1cc([N+](=O)[O-])ccc1F. The monoisotopic (exact) mass is 411 g/mol. The van der Waals surface area contributed by atoms with Crippen LogP contribution >= 0.6 is 0 Å². The van der Waals surface area contributed by atoms with Gasteiger partial charge in [0.2, 0.25) is 0 Å². The average molecular weight is 411 g/mol. The lowest BCUT2D eigenvalue weighted by Crippen LogP contribution is -2.47. The number of non-ortho nitro benzene ring substituents is 1. The van der Waals surface area contributed by atoms with Gasteiger partial charge in [-0.2, -0.15) is 5.26 Å². The fraction of sp³-hybridized carbons (Fsp3) is 0.632. The van der Waals surface area contributed by atoms with Gasteiger partial charge in [-0.05, 0) is 53.0 Å². The number of hydrogen-bond donors (Lipinski definition) is 1. The molecule has 0 aliphatic carbocycles. The maximum atomic E-state index is 14.7. The molecule has 0 unspecified atom stereocenters. The molecule has 1 fully saturated rings. The zero-order valence-corrected chi connectivity index (χ0v) is 17.4. The van der Waals surface area contributed by atoms with Crippen LogP contribution in [-0.4, -0.2) is 27.1 Å². The Balaban J connectivity index is 2.44. The molecule has 1 aliphatic rings. The fourth-order valence-corrected chi connectivity index (χ4v) is 4.01. The number of nitro benzene ring substituents is 1. The van der Waals surface area contributed by atoms with E-state index in [4.69, 9.17) is 4.74 Å². The summed E-state index contributed by atoms with van der Waals surface area (Å²) < 4.78 is 35.2. The van der Waals surface area contributed by atoms with Crippen molar-refractivity contribution in [3.8, 4) is 6.07 Å². The third-order valence-electron chi connectivity index (χ3n) is 5.07. The third-order valence-corrected chi connectivity index (χ3v) is 6.82. The number of hydrogen-bond acceptors (Lipinski definition) is 5. The first-order chi connectivity index (χ1) is 12.9. The van der Waals surface area contributed by atoms with Gasteiger partial charge in [0.25, 0.3) is 5.69 Å². The van der Waals surface area contributed by atoms with E-state index >= 15 is 0 Å². The highest BCUT2D eigenvalue weighted by Crippen LogP contribution is 2.39.